The number of amides is 1. The Morgan fingerprint density at radius 2 is 1.96 bits per heavy atom. The van der Waals surface area contributed by atoms with E-state index in [0.717, 1.165) is 22.1 Å². The first-order chi connectivity index (χ1) is 11.6. The molecule has 3 rings (SSSR count). The summed E-state index contributed by atoms with van der Waals surface area (Å²) in [7, 11) is 0. The average molecular weight is 341 g/mol. The summed E-state index contributed by atoms with van der Waals surface area (Å²) in [6.07, 6.45) is 0.896. The summed E-state index contributed by atoms with van der Waals surface area (Å²) in [5, 5.41) is 12.3. The van der Waals surface area contributed by atoms with Gasteiger partial charge in [0.1, 0.15) is 16.5 Å². The molecular weight excluding hydrogens is 322 g/mol. The first kappa shape index (κ1) is 16.4. The Morgan fingerprint density at radius 1 is 1.17 bits per heavy atom. The van der Waals surface area contributed by atoms with E-state index in [4.69, 9.17) is 4.42 Å². The molecule has 0 saturated heterocycles. The summed E-state index contributed by atoms with van der Waals surface area (Å²) < 4.78 is 5.80. The molecule has 24 heavy (non-hydrogen) atoms. The van der Waals surface area contributed by atoms with Crippen LogP contribution in [0.1, 0.15) is 37.0 Å². The van der Waals surface area contributed by atoms with E-state index in [1.807, 2.05) is 56.3 Å². The van der Waals surface area contributed by atoms with Crippen LogP contribution in [0.25, 0.3) is 11.3 Å². The number of furan rings is 1. The van der Waals surface area contributed by atoms with Gasteiger partial charge in [-0.15, -0.1) is 10.2 Å². The lowest BCUT2D eigenvalue weighted by Crippen LogP contribution is -2.11. The maximum atomic E-state index is 12.0. The van der Waals surface area contributed by atoms with Crippen LogP contribution >= 0.6 is 11.3 Å². The van der Waals surface area contributed by atoms with Gasteiger partial charge >= 0.3 is 0 Å². The lowest BCUT2D eigenvalue weighted by Gasteiger charge is -2.00. The molecule has 0 atom stereocenters. The van der Waals surface area contributed by atoms with E-state index in [0.29, 0.717) is 23.9 Å². The van der Waals surface area contributed by atoms with E-state index < -0.39 is 0 Å². The van der Waals surface area contributed by atoms with Gasteiger partial charge in [-0.2, -0.15) is 0 Å². The van der Waals surface area contributed by atoms with Gasteiger partial charge in [0, 0.05) is 24.3 Å². The molecule has 0 aliphatic heterocycles. The molecule has 2 heterocycles. The predicted molar refractivity (Wildman–Crippen MR) is 95.1 cm³/mol. The largest absolute Gasteiger partial charge is 0.461 e. The number of anilines is 1. The monoisotopic (exact) mass is 341 g/mol. The fraction of sp³-hybridized carbons (Fsp3) is 0.278. The summed E-state index contributed by atoms with van der Waals surface area (Å²) in [6.45, 7) is 4.10. The third-order valence-corrected chi connectivity index (χ3v) is 4.64. The number of nitrogens with zero attached hydrogens (tertiary/aromatic N) is 2. The quantitative estimate of drug-likeness (QED) is 0.717. The van der Waals surface area contributed by atoms with Crippen molar-refractivity contribution in [2.24, 2.45) is 0 Å². The second kappa shape index (κ2) is 7.40. The molecule has 1 aromatic carbocycles. The molecule has 0 spiro atoms. The number of aromatic nitrogens is 2. The Balaban J connectivity index is 1.54. The molecule has 0 saturated carbocycles. The third-order valence-electron chi connectivity index (χ3n) is 3.50. The van der Waals surface area contributed by atoms with Crippen LogP contribution in [0, 0.1) is 0 Å². The number of carbonyl (C=O) groups is 1. The molecule has 6 heteroatoms. The maximum absolute atomic E-state index is 12.0. The summed E-state index contributed by atoms with van der Waals surface area (Å²) >= 11 is 1.41. The van der Waals surface area contributed by atoms with Crippen LogP contribution in [0.5, 0.6) is 0 Å². The molecule has 0 bridgehead atoms. The normalized spacial score (nSPS) is 11.0. The van der Waals surface area contributed by atoms with E-state index in [-0.39, 0.29) is 5.91 Å². The Kier molecular flexibility index (Phi) is 5.05. The van der Waals surface area contributed by atoms with Crippen LogP contribution in [0.2, 0.25) is 0 Å². The van der Waals surface area contributed by atoms with Crippen molar-refractivity contribution in [3.63, 3.8) is 0 Å². The molecule has 2 aromatic heterocycles. The fourth-order valence-corrected chi connectivity index (χ4v) is 2.97. The van der Waals surface area contributed by atoms with Crippen molar-refractivity contribution in [1.29, 1.82) is 0 Å². The van der Waals surface area contributed by atoms with Gasteiger partial charge in [-0.05, 0) is 12.1 Å². The SMILES string of the molecule is CC(C)c1nnc(NC(=O)CCc2ccc(-c3ccccc3)o2)s1. The second-order valence-electron chi connectivity index (χ2n) is 5.78. The van der Waals surface area contributed by atoms with Gasteiger partial charge in [-0.25, -0.2) is 0 Å². The standard InChI is InChI=1S/C18H19N3O2S/c1-12(2)17-20-21-18(24-17)19-16(22)11-9-14-8-10-15(23-14)13-6-4-3-5-7-13/h3-8,10,12H,9,11H2,1-2H3,(H,19,21,22). The van der Waals surface area contributed by atoms with E-state index in [1.54, 1.807) is 0 Å². The van der Waals surface area contributed by atoms with Crippen molar-refractivity contribution in [2.75, 3.05) is 5.32 Å². The zero-order valence-electron chi connectivity index (χ0n) is 13.7. The van der Waals surface area contributed by atoms with Crippen LogP contribution in [0.3, 0.4) is 0 Å². The van der Waals surface area contributed by atoms with Crippen molar-refractivity contribution in [1.82, 2.24) is 10.2 Å². The van der Waals surface area contributed by atoms with Gasteiger partial charge in [0.05, 0.1) is 0 Å². The van der Waals surface area contributed by atoms with Gasteiger partial charge in [0.2, 0.25) is 11.0 Å². The maximum Gasteiger partial charge on any atom is 0.226 e. The molecule has 1 N–H and O–H groups in total. The molecule has 1 amide bonds. The smallest absolute Gasteiger partial charge is 0.226 e. The highest BCUT2D eigenvalue weighted by molar-refractivity contribution is 7.15. The van der Waals surface area contributed by atoms with Gasteiger partial charge in [-0.1, -0.05) is 55.5 Å². The van der Waals surface area contributed by atoms with Crippen molar-refractivity contribution >= 4 is 22.4 Å². The number of rotatable bonds is 6. The topological polar surface area (TPSA) is 68.0 Å². The van der Waals surface area contributed by atoms with Crippen molar-refractivity contribution < 1.29 is 9.21 Å². The lowest BCUT2D eigenvalue weighted by molar-refractivity contribution is -0.116. The molecule has 124 valence electrons. The Labute approximate surface area is 144 Å². The molecule has 0 unspecified atom stereocenters. The van der Waals surface area contributed by atoms with Crippen molar-refractivity contribution in [2.45, 2.75) is 32.6 Å². The lowest BCUT2D eigenvalue weighted by atomic mass is 10.2. The third kappa shape index (κ3) is 4.08. The molecule has 0 fully saturated rings. The Morgan fingerprint density at radius 3 is 2.67 bits per heavy atom. The van der Waals surface area contributed by atoms with E-state index in [1.165, 1.54) is 11.3 Å². The highest BCUT2D eigenvalue weighted by atomic mass is 32.1. The first-order valence-electron chi connectivity index (χ1n) is 7.89. The zero-order valence-corrected chi connectivity index (χ0v) is 14.5. The van der Waals surface area contributed by atoms with Crippen LogP contribution in [-0.4, -0.2) is 16.1 Å². The highest BCUT2D eigenvalue weighted by Gasteiger charge is 2.11. The van der Waals surface area contributed by atoms with Gasteiger partial charge in [0.25, 0.3) is 0 Å². The highest BCUT2D eigenvalue weighted by Crippen LogP contribution is 2.24. The van der Waals surface area contributed by atoms with Gasteiger partial charge in [-0.3, -0.25) is 4.79 Å². The average Bonchev–Trinajstić information content (AvgIpc) is 3.23. The summed E-state index contributed by atoms with van der Waals surface area (Å²) in [5.74, 6) is 1.84. The first-order valence-corrected chi connectivity index (χ1v) is 8.71. The van der Waals surface area contributed by atoms with E-state index in [2.05, 4.69) is 15.5 Å². The number of hydrogen-bond acceptors (Lipinski definition) is 5. The molecule has 0 radical (unpaired) electrons. The van der Waals surface area contributed by atoms with Crippen LogP contribution in [0.4, 0.5) is 5.13 Å². The summed E-state index contributed by atoms with van der Waals surface area (Å²) in [4.78, 5) is 12.0. The summed E-state index contributed by atoms with van der Waals surface area (Å²) in [5.41, 5.74) is 1.03. The molecule has 5 nitrogen and oxygen atoms in total. The van der Waals surface area contributed by atoms with Gasteiger partial charge in [0.15, 0.2) is 0 Å². The summed E-state index contributed by atoms with van der Waals surface area (Å²) in [6, 6.07) is 13.8. The number of aryl methyl sites for hydroxylation is 1. The molecular formula is C18H19N3O2S. The minimum Gasteiger partial charge on any atom is -0.461 e. The van der Waals surface area contributed by atoms with Crippen molar-refractivity contribution in [3.05, 3.63) is 53.2 Å². The zero-order chi connectivity index (χ0) is 16.9. The minimum atomic E-state index is -0.0842. The second-order valence-corrected chi connectivity index (χ2v) is 6.79. The van der Waals surface area contributed by atoms with Gasteiger partial charge < -0.3 is 9.73 Å². The number of nitrogens with one attached hydrogen (secondary N) is 1. The van der Waals surface area contributed by atoms with Crippen LogP contribution in [0.15, 0.2) is 46.9 Å². The Bertz CT molecular complexity index is 809. The molecule has 0 aliphatic rings. The van der Waals surface area contributed by atoms with E-state index in [9.17, 15) is 4.79 Å². The fourth-order valence-electron chi connectivity index (χ4n) is 2.21. The minimum absolute atomic E-state index is 0.0842. The molecule has 3 aromatic rings. The van der Waals surface area contributed by atoms with Crippen LogP contribution in [-0.2, 0) is 11.2 Å². The number of hydrogen-bond donors (Lipinski definition) is 1. The van der Waals surface area contributed by atoms with Crippen LogP contribution < -0.4 is 5.32 Å². The predicted octanol–water partition coefficient (Wildman–Crippen LogP) is 4.49. The Hall–Kier alpha value is -2.47. The van der Waals surface area contributed by atoms with Crippen molar-refractivity contribution in [3.8, 4) is 11.3 Å². The molecule has 0 aliphatic carbocycles. The number of carbonyl (C=O) groups excluding carboxylic acids is 1. The van der Waals surface area contributed by atoms with E-state index >= 15 is 0 Å². The number of benzene rings is 1.